The smallest absolute Gasteiger partial charge is 0.341 e. The van der Waals surface area contributed by atoms with Gasteiger partial charge in [0, 0.05) is 23.0 Å². The van der Waals surface area contributed by atoms with E-state index >= 15 is 0 Å². The van der Waals surface area contributed by atoms with Gasteiger partial charge in [-0.25, -0.2) is 13.4 Å². The average molecular weight is 541 g/mol. The zero-order chi connectivity index (χ0) is 26.7. The van der Waals surface area contributed by atoms with E-state index in [-0.39, 0.29) is 17.1 Å². The molecule has 2 aromatic carbocycles. The van der Waals surface area contributed by atoms with Crippen LogP contribution in [0.15, 0.2) is 60.8 Å². The molecule has 0 aliphatic heterocycles. The number of rotatable bonds is 7. The Balaban J connectivity index is 1.63. The molecule has 0 aliphatic rings. The first-order valence-electron chi connectivity index (χ1n) is 10.3. The minimum Gasteiger partial charge on any atom is -0.341 e. The zero-order valence-electron chi connectivity index (χ0n) is 18.9. The number of amides is 2. The van der Waals surface area contributed by atoms with Crippen LogP contribution in [0.2, 0.25) is 5.02 Å². The van der Waals surface area contributed by atoms with E-state index in [0.717, 1.165) is 12.3 Å². The maximum atomic E-state index is 13.0. The second-order valence-electron chi connectivity index (χ2n) is 7.76. The molecule has 190 valence electrons. The van der Waals surface area contributed by atoms with Gasteiger partial charge in [0.1, 0.15) is 11.9 Å². The number of hydrogen-bond acceptors (Lipinski definition) is 5. The summed E-state index contributed by atoms with van der Waals surface area (Å²) in [7, 11) is -3.45. The van der Waals surface area contributed by atoms with Crippen molar-refractivity contribution in [2.24, 2.45) is 0 Å². The molecule has 0 bridgehead atoms. The lowest BCUT2D eigenvalue weighted by Gasteiger charge is -2.16. The van der Waals surface area contributed by atoms with E-state index in [1.54, 1.807) is 18.2 Å². The molecule has 0 aliphatic carbocycles. The topological polar surface area (TPSA) is 117 Å². The lowest BCUT2D eigenvalue weighted by atomic mass is 10.1. The molecule has 0 saturated heterocycles. The van der Waals surface area contributed by atoms with E-state index in [2.05, 4.69) is 20.3 Å². The molecule has 1 atom stereocenters. The van der Waals surface area contributed by atoms with Crippen molar-refractivity contribution in [3.8, 4) is 11.1 Å². The van der Waals surface area contributed by atoms with Crippen molar-refractivity contribution >= 4 is 44.9 Å². The Hall–Kier alpha value is -3.64. The first-order chi connectivity index (χ1) is 16.7. The van der Waals surface area contributed by atoms with Crippen LogP contribution in [-0.4, -0.2) is 37.5 Å². The summed E-state index contributed by atoms with van der Waals surface area (Å²) < 4.78 is 63.8. The van der Waals surface area contributed by atoms with E-state index in [1.807, 2.05) is 0 Å². The molecular weight excluding hydrogens is 521 g/mol. The highest BCUT2D eigenvalue weighted by Crippen LogP contribution is 2.36. The van der Waals surface area contributed by atoms with Crippen LogP contribution in [-0.2, 0) is 21.0 Å². The summed E-state index contributed by atoms with van der Waals surface area (Å²) in [6.07, 6.45) is -2.21. The average Bonchev–Trinajstić information content (AvgIpc) is 2.79. The maximum absolute atomic E-state index is 13.0. The number of carbonyl (C=O) groups excluding carboxylic acids is 2. The lowest BCUT2D eigenvalue weighted by molar-refractivity contribution is -0.137. The number of nitrogens with one attached hydrogen (secondary N) is 3. The largest absolute Gasteiger partial charge is 0.417 e. The van der Waals surface area contributed by atoms with Gasteiger partial charge in [0.2, 0.25) is 15.9 Å². The minimum atomic E-state index is -4.69. The summed E-state index contributed by atoms with van der Waals surface area (Å²) in [5.41, 5.74) is 0.422. The van der Waals surface area contributed by atoms with Crippen LogP contribution in [0, 0.1) is 0 Å². The zero-order valence-corrected chi connectivity index (χ0v) is 20.4. The number of halogens is 4. The van der Waals surface area contributed by atoms with Gasteiger partial charge in [-0.1, -0.05) is 23.7 Å². The molecule has 0 unspecified atom stereocenters. The van der Waals surface area contributed by atoms with E-state index in [4.69, 9.17) is 11.6 Å². The molecule has 3 rings (SSSR count). The number of sulfonamides is 1. The van der Waals surface area contributed by atoms with Crippen LogP contribution >= 0.6 is 11.6 Å². The second-order valence-corrected chi connectivity index (χ2v) is 9.92. The number of anilines is 2. The number of carbonyl (C=O) groups is 2. The Morgan fingerprint density at radius 3 is 2.19 bits per heavy atom. The summed E-state index contributed by atoms with van der Waals surface area (Å²) in [4.78, 5) is 29.0. The molecular formula is C23H20ClF3N4O4S. The number of hydrogen-bond donors (Lipinski definition) is 3. The molecule has 0 spiro atoms. The molecule has 1 aromatic heterocycles. The molecule has 13 heteroatoms. The van der Waals surface area contributed by atoms with E-state index in [9.17, 15) is 31.2 Å². The fourth-order valence-corrected chi connectivity index (χ4v) is 3.77. The molecule has 1 heterocycles. The Labute approximate surface area is 209 Å². The third-order valence-corrected chi connectivity index (χ3v) is 5.72. The molecule has 0 saturated carbocycles. The molecule has 8 nitrogen and oxygen atoms in total. The van der Waals surface area contributed by atoms with Crippen molar-refractivity contribution in [2.75, 3.05) is 16.3 Å². The highest BCUT2D eigenvalue weighted by Gasteiger charge is 2.33. The maximum Gasteiger partial charge on any atom is 0.417 e. The van der Waals surface area contributed by atoms with Crippen molar-refractivity contribution in [3.63, 3.8) is 0 Å². The number of pyridine rings is 1. The number of alkyl halides is 3. The molecule has 36 heavy (non-hydrogen) atoms. The Morgan fingerprint density at radius 2 is 1.64 bits per heavy atom. The fraction of sp³-hybridized carbons (Fsp3) is 0.174. The molecule has 3 N–H and O–H groups in total. The SMILES string of the molecule is C[C@H](NC(=O)c1ccc(-c2ccc(NS(C)(=O)=O)nc2)cc1)C(=O)Nc1ccc(Cl)c(C(F)(F)F)c1. The summed E-state index contributed by atoms with van der Waals surface area (Å²) in [5.74, 6) is -1.12. The van der Waals surface area contributed by atoms with Gasteiger partial charge in [-0.15, -0.1) is 0 Å². The summed E-state index contributed by atoms with van der Waals surface area (Å²) in [5, 5.41) is 4.31. The van der Waals surface area contributed by atoms with Crippen LogP contribution in [0.1, 0.15) is 22.8 Å². The monoisotopic (exact) mass is 540 g/mol. The van der Waals surface area contributed by atoms with Gasteiger partial charge < -0.3 is 10.6 Å². The van der Waals surface area contributed by atoms with Crippen molar-refractivity contribution < 1.29 is 31.2 Å². The fourth-order valence-electron chi connectivity index (χ4n) is 3.05. The van der Waals surface area contributed by atoms with Crippen LogP contribution in [0.5, 0.6) is 0 Å². The van der Waals surface area contributed by atoms with E-state index in [1.165, 1.54) is 37.4 Å². The third kappa shape index (κ3) is 7.18. The molecule has 2 amide bonds. The van der Waals surface area contributed by atoms with Crippen LogP contribution in [0.4, 0.5) is 24.7 Å². The standard InChI is InChI=1S/C23H20ClF3N4O4S/c1-13(21(32)30-17-8-9-19(24)18(11-17)23(25,26)27)29-22(33)15-5-3-14(4-6-15)16-7-10-20(28-12-16)31-36(2,34)35/h3-13H,1-2H3,(H,28,31)(H,29,33)(H,30,32)/t13-/m0/s1. The quantitative estimate of drug-likeness (QED) is 0.406. The predicted octanol–water partition coefficient (Wildman–Crippen LogP) is 4.55. The normalized spacial score (nSPS) is 12.5. The lowest BCUT2D eigenvalue weighted by Crippen LogP contribution is -2.41. The Morgan fingerprint density at radius 1 is 1.00 bits per heavy atom. The minimum absolute atomic E-state index is 0.117. The van der Waals surface area contributed by atoms with Crippen molar-refractivity contribution in [1.29, 1.82) is 0 Å². The first kappa shape index (κ1) is 27.0. The van der Waals surface area contributed by atoms with Gasteiger partial charge in [0.05, 0.1) is 16.8 Å². The van der Waals surface area contributed by atoms with Gasteiger partial charge in [-0.3, -0.25) is 14.3 Å². The van der Waals surface area contributed by atoms with Crippen LogP contribution < -0.4 is 15.4 Å². The van der Waals surface area contributed by atoms with Crippen molar-refractivity contribution in [1.82, 2.24) is 10.3 Å². The second kappa shape index (κ2) is 10.5. The number of nitrogens with zero attached hydrogens (tertiary/aromatic N) is 1. The van der Waals surface area contributed by atoms with Crippen LogP contribution in [0.3, 0.4) is 0 Å². The van der Waals surface area contributed by atoms with Crippen LogP contribution in [0.25, 0.3) is 11.1 Å². The third-order valence-electron chi connectivity index (χ3n) is 4.81. The van der Waals surface area contributed by atoms with E-state index < -0.39 is 44.6 Å². The van der Waals surface area contributed by atoms with E-state index in [0.29, 0.717) is 17.2 Å². The Bertz CT molecular complexity index is 1380. The summed E-state index contributed by atoms with van der Waals surface area (Å²) in [6, 6.07) is 11.4. The van der Waals surface area contributed by atoms with Crippen molar-refractivity contribution in [3.05, 3.63) is 76.9 Å². The van der Waals surface area contributed by atoms with Gasteiger partial charge >= 0.3 is 6.18 Å². The van der Waals surface area contributed by atoms with Gasteiger partial charge in [0.15, 0.2) is 0 Å². The number of benzene rings is 2. The number of aromatic nitrogens is 1. The van der Waals surface area contributed by atoms with Crippen molar-refractivity contribution in [2.45, 2.75) is 19.1 Å². The summed E-state index contributed by atoms with van der Waals surface area (Å²) >= 11 is 5.58. The molecule has 3 aromatic rings. The van der Waals surface area contributed by atoms with Gasteiger partial charge in [-0.05, 0) is 55.0 Å². The van der Waals surface area contributed by atoms with Gasteiger partial charge in [-0.2, -0.15) is 13.2 Å². The Kier molecular flexibility index (Phi) is 7.89. The first-order valence-corrected chi connectivity index (χ1v) is 12.5. The summed E-state index contributed by atoms with van der Waals surface area (Å²) in [6.45, 7) is 1.39. The molecule has 0 radical (unpaired) electrons. The highest BCUT2D eigenvalue weighted by atomic mass is 35.5. The van der Waals surface area contributed by atoms with Gasteiger partial charge in [0.25, 0.3) is 5.91 Å². The highest BCUT2D eigenvalue weighted by molar-refractivity contribution is 7.92. The predicted molar refractivity (Wildman–Crippen MR) is 130 cm³/mol. The molecule has 0 fully saturated rings.